The summed E-state index contributed by atoms with van der Waals surface area (Å²) in [5, 5.41) is 33.8. The number of piperazine rings is 1. The van der Waals surface area contributed by atoms with E-state index < -0.39 is 39.5 Å². The number of fused-ring (bicyclic) bond motifs is 5. The van der Waals surface area contributed by atoms with Crippen molar-refractivity contribution in [1.29, 1.82) is 15.8 Å². The number of aromatic nitrogens is 10. The zero-order valence-corrected chi connectivity index (χ0v) is 82.7. The summed E-state index contributed by atoms with van der Waals surface area (Å²) in [6.45, 7) is 12.1. The van der Waals surface area contributed by atoms with Crippen LogP contribution in [0, 0.1) is 34.0 Å². The Kier molecular flexibility index (Phi) is 33.1. The quantitative estimate of drug-likeness (QED) is 0.0353. The Balaban J connectivity index is 0.000000147. The summed E-state index contributed by atoms with van der Waals surface area (Å²) < 4.78 is 136. The highest BCUT2D eigenvalue weighted by molar-refractivity contribution is 7.90. The van der Waals surface area contributed by atoms with Crippen molar-refractivity contribution in [3.05, 3.63) is 306 Å². The molecule has 15 aromatic rings. The van der Waals surface area contributed by atoms with Crippen LogP contribution in [0.5, 0.6) is 28.7 Å². The number of hydrogen-bond donors (Lipinski definition) is 0. The van der Waals surface area contributed by atoms with Gasteiger partial charge in [0.25, 0.3) is 5.56 Å². The molecular weight excluding hydrogens is 1920 g/mol. The lowest BCUT2D eigenvalue weighted by atomic mass is 9.97. The number of aryl methyl sites for hydroxylation is 1. The second-order valence-corrected chi connectivity index (χ2v) is 43.0. The zero-order valence-electron chi connectivity index (χ0n) is 76.4. The Morgan fingerprint density at radius 2 is 0.964 bits per heavy atom. The first-order chi connectivity index (χ1) is 66.1. The highest BCUT2D eigenvalue weighted by Gasteiger charge is 2.29. The first kappa shape index (κ1) is 101. The summed E-state index contributed by atoms with van der Waals surface area (Å²) in [5.41, 5.74) is 14.2. The lowest BCUT2D eigenvalue weighted by molar-refractivity contribution is 0.0938. The third-order valence-electron chi connectivity index (χ3n) is 22.1. The van der Waals surface area contributed by atoms with Crippen molar-refractivity contribution in [2.24, 2.45) is 0 Å². The smallest absolute Gasteiger partial charge is 0.252 e. The van der Waals surface area contributed by atoms with E-state index in [0.29, 0.717) is 129 Å². The number of nitrogens with zero attached hydrogens (tertiary/aromatic N) is 15. The molecule has 2 aliphatic heterocycles. The van der Waals surface area contributed by atoms with Gasteiger partial charge in [0.05, 0.1) is 103 Å². The fourth-order valence-electron chi connectivity index (χ4n) is 15.7. The summed E-state index contributed by atoms with van der Waals surface area (Å²) in [5.74, 6) is 2.90. The number of unbranched alkanes of at least 4 members (excludes halogenated alkanes) is 1. The molecule has 0 radical (unpaired) electrons. The van der Waals surface area contributed by atoms with Crippen molar-refractivity contribution in [3.8, 4) is 75.1 Å². The third-order valence-corrected chi connectivity index (χ3v) is 26.8. The molecule has 1 fully saturated rings. The summed E-state index contributed by atoms with van der Waals surface area (Å²) in [6.07, 6.45) is 20.4. The Morgan fingerprint density at radius 3 is 1.50 bits per heavy atom. The van der Waals surface area contributed by atoms with Gasteiger partial charge in [0, 0.05) is 140 Å². The van der Waals surface area contributed by atoms with Gasteiger partial charge in [-0.05, 0) is 192 Å². The number of hydrogen-bond acceptors (Lipinski definition) is 25. The van der Waals surface area contributed by atoms with Gasteiger partial charge in [-0.25, -0.2) is 63.6 Å². The second-order valence-electron chi connectivity index (χ2n) is 33.0. The lowest BCUT2D eigenvalue weighted by Crippen LogP contribution is -2.47. The maximum atomic E-state index is 12.4. The number of halogens is 4. The first-order valence-corrected chi connectivity index (χ1v) is 53.6. The fraction of sp³-hybridized carbons (Fsp3) is 0.280. The normalized spacial score (nSPS) is 13.4. The number of sulfone groups is 3. The van der Waals surface area contributed by atoms with Crippen LogP contribution in [0.15, 0.2) is 218 Å². The zero-order chi connectivity index (χ0) is 98.2. The van der Waals surface area contributed by atoms with Crippen LogP contribution >= 0.6 is 46.4 Å². The molecule has 0 spiro atoms. The minimum Gasteiger partial charge on any atom is -0.491 e. The minimum absolute atomic E-state index is 0.0113. The molecule has 9 heterocycles. The van der Waals surface area contributed by atoms with Gasteiger partial charge >= 0.3 is 0 Å². The van der Waals surface area contributed by atoms with Gasteiger partial charge in [0.15, 0.2) is 46.8 Å². The molecular formula is C100H97Cl4N15O15S4. The molecule has 0 N–H and O–H groups in total. The van der Waals surface area contributed by atoms with E-state index in [1.54, 1.807) is 59.3 Å². The number of sulfonamides is 1. The third kappa shape index (κ3) is 26.1. The predicted octanol–water partition coefficient (Wildman–Crippen LogP) is 18.0. The molecule has 38 heteroatoms. The monoisotopic (exact) mass is 2020 g/mol. The van der Waals surface area contributed by atoms with Crippen LogP contribution in [0.2, 0.25) is 15.1 Å². The molecule has 0 bridgehead atoms. The SMILES string of the molecule is CCCCn1ccc(-n2ccc3cc(OCc4ccnc(CS(C)(=O)=O)n4)ccc32)cc1=O.CCCOc1c(Cl)cc(-n2ccc3cc(CN4CCN(S(C)(=O)=O)CC4)ccc32)cc1C#N.CCCOc1c(Cl)cc(C2OCc3cc(OCc4ccnc(CS(C)(=O)=O)n4)ccc32)cc1C#N.CS(=O)(=O)Cc1ncc2cc(-c3ccc4c(ccn4-c4cc(Cl)c(OCCCl)c(C#N)c4)c3)ccc2n1. The molecule has 8 aromatic carbocycles. The van der Waals surface area contributed by atoms with Gasteiger partial charge < -0.3 is 46.7 Å². The van der Waals surface area contributed by atoms with Crippen LogP contribution in [0.25, 0.3) is 71.8 Å². The lowest BCUT2D eigenvalue weighted by Gasteiger charge is -2.33. The number of rotatable bonds is 32. The van der Waals surface area contributed by atoms with Crippen molar-refractivity contribution in [2.75, 3.05) is 76.9 Å². The van der Waals surface area contributed by atoms with Gasteiger partial charge in [0.1, 0.15) is 90.4 Å². The highest BCUT2D eigenvalue weighted by Crippen LogP contribution is 2.43. The number of ether oxygens (including phenoxy) is 6. The van der Waals surface area contributed by atoms with Gasteiger partial charge in [-0.15, -0.1) is 11.6 Å². The Hall–Kier alpha value is -12.9. The van der Waals surface area contributed by atoms with E-state index in [-0.39, 0.29) is 66.2 Å². The molecule has 30 nitrogen and oxygen atoms in total. The van der Waals surface area contributed by atoms with E-state index >= 15 is 0 Å². The molecule has 1 unspecified atom stereocenters. The van der Waals surface area contributed by atoms with Crippen LogP contribution < -0.4 is 29.2 Å². The van der Waals surface area contributed by atoms with Crippen molar-refractivity contribution in [2.45, 2.75) is 103 Å². The molecule has 1 atom stereocenters. The van der Waals surface area contributed by atoms with Crippen LogP contribution in [-0.2, 0) is 94.4 Å². The molecule has 17 rings (SSSR count). The van der Waals surface area contributed by atoms with E-state index in [9.17, 15) is 54.3 Å². The summed E-state index contributed by atoms with van der Waals surface area (Å²) in [7, 11) is -12.8. The summed E-state index contributed by atoms with van der Waals surface area (Å²) in [6, 6.07) is 59.8. The van der Waals surface area contributed by atoms with Crippen molar-refractivity contribution >= 4 is 130 Å². The molecule has 138 heavy (non-hydrogen) atoms. The van der Waals surface area contributed by atoms with E-state index in [0.717, 1.165) is 141 Å². The molecule has 2 aliphatic rings. The summed E-state index contributed by atoms with van der Waals surface area (Å²) in [4.78, 5) is 39.8. The number of benzene rings is 8. The first-order valence-electron chi connectivity index (χ1n) is 43.9. The van der Waals surface area contributed by atoms with Crippen LogP contribution in [0.1, 0.15) is 120 Å². The fourth-order valence-corrected chi connectivity index (χ4v) is 19.2. The molecule has 1 saturated heterocycles. The van der Waals surface area contributed by atoms with Gasteiger partial charge in [-0.2, -0.15) is 20.1 Å². The van der Waals surface area contributed by atoms with Gasteiger partial charge in [-0.3, -0.25) is 9.69 Å². The standard InChI is InChI=1S/C27H20Cl2N4O3S.C25H24ClN3O5S.C24H27ClN4O3S.C24H26N4O4S/c1-37(34,35)16-26-31-15-21-11-17(2-4-24(21)32-26)18-3-5-25-19(10-18)6-8-33(25)22-12-20(14-30)27(23(29)13-22)36-9-7-28;1-3-8-32-25-17(12-27)9-16(11-22(25)26)24-21-5-4-20(10-18(21)13-34-24)33-14-19-6-7-28-23(29-19)15-35(2,30)31;1-3-12-32-24-20(16-26)14-21(15-22(24)25)29-7-6-19-13-18(4-5-23(19)29)17-27-8-10-28(11-9-27)33(2,30)31;1-3-4-11-27-12-9-20(15-24(27)29)28-13-8-18-14-21(5-6-22(18)28)32-16-19-7-10-25-23(26-19)17-33(2,30)31/h2-6,8,10-13,15H,7,9,16H2,1H3;4-7,9-11,24H,3,8,13-15H2,1-2H3;4-7,13-15H,3,8-12,17H2,1-2H3;5-10,12-15H,3-4,11,16-17H2,1-2H3. The van der Waals surface area contributed by atoms with Gasteiger partial charge in [0.2, 0.25) is 10.0 Å². The maximum absolute atomic E-state index is 12.4. The van der Waals surface area contributed by atoms with Crippen molar-refractivity contribution in [3.63, 3.8) is 0 Å². The number of alkyl halides is 1. The Morgan fingerprint density at radius 1 is 0.471 bits per heavy atom. The average molecular weight is 2020 g/mol. The number of nitriles is 3. The largest absolute Gasteiger partial charge is 0.491 e. The highest BCUT2D eigenvalue weighted by atomic mass is 35.5. The minimum atomic E-state index is -3.22. The van der Waals surface area contributed by atoms with E-state index in [1.807, 2.05) is 149 Å². The number of pyridine rings is 1. The van der Waals surface area contributed by atoms with Crippen LogP contribution in [0.4, 0.5) is 0 Å². The van der Waals surface area contributed by atoms with Gasteiger partial charge in [-0.1, -0.05) is 86.3 Å². The maximum Gasteiger partial charge on any atom is 0.252 e. The van der Waals surface area contributed by atoms with Crippen molar-refractivity contribution < 1.29 is 62.1 Å². The molecule has 0 saturated carbocycles. The van der Waals surface area contributed by atoms with Crippen molar-refractivity contribution in [1.82, 2.24) is 57.4 Å². The summed E-state index contributed by atoms with van der Waals surface area (Å²) >= 11 is 25.0. The molecule has 7 aromatic heterocycles. The van der Waals surface area contributed by atoms with Crippen LogP contribution in [-0.4, -0.2) is 168 Å². The van der Waals surface area contributed by atoms with E-state index in [4.69, 9.17) is 74.8 Å². The average Bonchev–Trinajstić information content (AvgIpc) is 1.60. The Labute approximate surface area is 819 Å². The predicted molar refractivity (Wildman–Crippen MR) is 534 cm³/mol. The molecule has 0 amide bonds. The topological polar surface area (TPSA) is 384 Å². The Bertz CT molecular complexity index is 7750. The molecule has 0 aliphatic carbocycles. The van der Waals surface area contributed by atoms with E-state index in [1.165, 1.54) is 28.5 Å². The molecule has 714 valence electrons. The van der Waals surface area contributed by atoms with Crippen LogP contribution in [0.3, 0.4) is 0 Å². The second kappa shape index (κ2) is 45.2. The van der Waals surface area contributed by atoms with E-state index in [2.05, 4.69) is 84.2 Å².